The Morgan fingerprint density at radius 3 is 3.14 bits per heavy atom. The summed E-state index contributed by atoms with van der Waals surface area (Å²) < 4.78 is 8.01. The van der Waals surface area contributed by atoms with E-state index in [9.17, 15) is 5.11 Å². The predicted octanol–water partition coefficient (Wildman–Crippen LogP) is 2.90. The molecule has 0 amide bonds. The number of aliphatic hydroxyl groups is 1. The van der Waals surface area contributed by atoms with Crippen LogP contribution in [0.5, 0.6) is 0 Å². The maximum Gasteiger partial charge on any atom is 0.108 e. The number of hydrogen-bond donors (Lipinski definition) is 1. The first-order chi connectivity index (χ1) is 10.8. The van der Waals surface area contributed by atoms with Crippen LogP contribution in [0.25, 0.3) is 0 Å². The van der Waals surface area contributed by atoms with Crippen molar-refractivity contribution in [3.8, 4) is 0 Å². The second-order valence-corrected chi connectivity index (χ2v) is 5.92. The van der Waals surface area contributed by atoms with Crippen molar-refractivity contribution in [3.05, 3.63) is 53.6 Å². The fourth-order valence-electron chi connectivity index (χ4n) is 3.21. The summed E-state index contributed by atoms with van der Waals surface area (Å²) in [5.41, 5.74) is 2.67. The molecule has 1 N–H and O–H groups in total. The van der Waals surface area contributed by atoms with Crippen LogP contribution in [-0.2, 0) is 24.1 Å². The standard InChI is InChI=1S/C18H24N2O2/c1-2-18-19-10-11-20(18)12-15(21)13-22-17-9-5-7-14-6-3-4-8-16(14)17/h3-4,6,8,10-11,15,17,21H,2,5,7,9,12-13H2,1H3. The van der Waals surface area contributed by atoms with E-state index in [0.717, 1.165) is 31.5 Å². The summed E-state index contributed by atoms with van der Waals surface area (Å²) in [6, 6.07) is 8.48. The second kappa shape index (κ2) is 7.07. The fourth-order valence-corrected chi connectivity index (χ4v) is 3.21. The highest BCUT2D eigenvalue weighted by Gasteiger charge is 2.21. The molecule has 1 aliphatic rings. The molecule has 0 spiro atoms. The van der Waals surface area contributed by atoms with Gasteiger partial charge in [-0.25, -0.2) is 4.98 Å². The third-order valence-electron chi connectivity index (χ3n) is 4.33. The SMILES string of the molecule is CCc1nccn1CC(O)COC1CCCc2ccccc21. The minimum Gasteiger partial charge on any atom is -0.389 e. The fraction of sp³-hybridized carbons (Fsp3) is 0.500. The van der Waals surface area contributed by atoms with Crippen LogP contribution in [0.2, 0.25) is 0 Å². The number of aryl methyl sites for hydroxylation is 2. The molecule has 3 rings (SSSR count). The van der Waals surface area contributed by atoms with Gasteiger partial charge in [-0.2, -0.15) is 0 Å². The highest BCUT2D eigenvalue weighted by molar-refractivity contribution is 5.31. The molecule has 4 nitrogen and oxygen atoms in total. The lowest BCUT2D eigenvalue weighted by molar-refractivity contribution is -0.0227. The van der Waals surface area contributed by atoms with Gasteiger partial charge in [-0.05, 0) is 30.4 Å². The minimum atomic E-state index is -0.506. The van der Waals surface area contributed by atoms with E-state index < -0.39 is 6.10 Å². The minimum absolute atomic E-state index is 0.119. The smallest absolute Gasteiger partial charge is 0.108 e. The number of benzene rings is 1. The molecule has 1 aromatic heterocycles. The van der Waals surface area contributed by atoms with E-state index in [1.807, 2.05) is 10.8 Å². The van der Waals surface area contributed by atoms with Gasteiger partial charge >= 0.3 is 0 Å². The molecule has 0 aliphatic heterocycles. The molecule has 0 radical (unpaired) electrons. The Bertz CT molecular complexity index is 609. The van der Waals surface area contributed by atoms with Gasteiger partial charge in [0, 0.05) is 18.8 Å². The monoisotopic (exact) mass is 300 g/mol. The van der Waals surface area contributed by atoms with Crippen molar-refractivity contribution in [3.63, 3.8) is 0 Å². The Labute approximate surface area is 131 Å². The Morgan fingerprint density at radius 1 is 1.41 bits per heavy atom. The average molecular weight is 300 g/mol. The Hall–Kier alpha value is -1.65. The van der Waals surface area contributed by atoms with Crippen LogP contribution in [0.1, 0.15) is 42.8 Å². The second-order valence-electron chi connectivity index (χ2n) is 5.92. The summed E-state index contributed by atoms with van der Waals surface area (Å²) in [5, 5.41) is 10.2. The maximum atomic E-state index is 10.2. The van der Waals surface area contributed by atoms with E-state index >= 15 is 0 Å². The summed E-state index contributed by atoms with van der Waals surface area (Å²) in [5.74, 6) is 1.00. The van der Waals surface area contributed by atoms with Crippen LogP contribution < -0.4 is 0 Å². The zero-order valence-electron chi connectivity index (χ0n) is 13.1. The van der Waals surface area contributed by atoms with Gasteiger partial charge in [0.25, 0.3) is 0 Å². The van der Waals surface area contributed by atoms with E-state index in [1.54, 1.807) is 6.20 Å². The molecule has 0 bridgehead atoms. The van der Waals surface area contributed by atoms with Crippen LogP contribution >= 0.6 is 0 Å². The zero-order valence-corrected chi connectivity index (χ0v) is 13.1. The maximum absolute atomic E-state index is 10.2. The number of rotatable bonds is 6. The van der Waals surface area contributed by atoms with Crippen molar-refractivity contribution in [2.45, 2.75) is 51.4 Å². The molecule has 4 heteroatoms. The molecule has 0 saturated carbocycles. The van der Waals surface area contributed by atoms with Crippen LogP contribution in [0.15, 0.2) is 36.7 Å². The summed E-state index contributed by atoms with van der Waals surface area (Å²) in [6.45, 7) is 2.97. The van der Waals surface area contributed by atoms with E-state index in [-0.39, 0.29) is 6.10 Å². The van der Waals surface area contributed by atoms with Gasteiger partial charge in [-0.3, -0.25) is 0 Å². The van der Waals surface area contributed by atoms with Gasteiger partial charge in [-0.1, -0.05) is 31.2 Å². The van der Waals surface area contributed by atoms with Crippen molar-refractivity contribution in [1.82, 2.24) is 9.55 Å². The Morgan fingerprint density at radius 2 is 2.27 bits per heavy atom. The molecule has 2 aromatic rings. The lowest BCUT2D eigenvalue weighted by Crippen LogP contribution is -2.25. The van der Waals surface area contributed by atoms with Crippen molar-refractivity contribution in [1.29, 1.82) is 0 Å². The predicted molar refractivity (Wildman–Crippen MR) is 85.7 cm³/mol. The first kappa shape index (κ1) is 15.3. The summed E-state index contributed by atoms with van der Waals surface area (Å²) >= 11 is 0. The first-order valence-electron chi connectivity index (χ1n) is 8.15. The van der Waals surface area contributed by atoms with Gasteiger partial charge < -0.3 is 14.4 Å². The number of fused-ring (bicyclic) bond motifs is 1. The normalized spacial score (nSPS) is 18.9. The lowest BCUT2D eigenvalue weighted by Gasteiger charge is -2.26. The van der Waals surface area contributed by atoms with Crippen molar-refractivity contribution >= 4 is 0 Å². The number of nitrogens with zero attached hydrogens (tertiary/aromatic N) is 2. The summed E-state index contributed by atoms with van der Waals surface area (Å²) in [7, 11) is 0. The van der Waals surface area contributed by atoms with Gasteiger partial charge in [-0.15, -0.1) is 0 Å². The number of imidazole rings is 1. The van der Waals surface area contributed by atoms with Gasteiger partial charge in [0.05, 0.1) is 25.4 Å². The molecular weight excluding hydrogens is 276 g/mol. The summed E-state index contributed by atoms with van der Waals surface area (Å²) in [4.78, 5) is 4.28. The van der Waals surface area contributed by atoms with Gasteiger partial charge in [0.2, 0.25) is 0 Å². The lowest BCUT2D eigenvalue weighted by atomic mass is 9.89. The third kappa shape index (κ3) is 3.39. The van der Waals surface area contributed by atoms with Gasteiger partial charge in [0.1, 0.15) is 5.82 Å². The molecule has 1 aliphatic carbocycles. The molecule has 118 valence electrons. The largest absolute Gasteiger partial charge is 0.389 e. The Kier molecular flexibility index (Phi) is 4.90. The van der Waals surface area contributed by atoms with Crippen LogP contribution in [0.3, 0.4) is 0 Å². The number of aromatic nitrogens is 2. The number of aliphatic hydroxyl groups excluding tert-OH is 1. The zero-order chi connectivity index (χ0) is 15.4. The van der Waals surface area contributed by atoms with Crippen molar-refractivity contribution < 1.29 is 9.84 Å². The van der Waals surface area contributed by atoms with E-state index in [4.69, 9.17) is 4.74 Å². The van der Waals surface area contributed by atoms with Crippen LogP contribution in [0.4, 0.5) is 0 Å². The van der Waals surface area contributed by atoms with Crippen molar-refractivity contribution in [2.75, 3.05) is 6.61 Å². The summed E-state index contributed by atoms with van der Waals surface area (Å²) in [6.07, 6.45) is 7.50. The molecule has 2 unspecified atom stereocenters. The molecular formula is C18H24N2O2. The quantitative estimate of drug-likeness (QED) is 0.892. The molecule has 0 fully saturated rings. The van der Waals surface area contributed by atoms with Crippen molar-refractivity contribution in [2.24, 2.45) is 0 Å². The molecule has 2 atom stereocenters. The van der Waals surface area contributed by atoms with E-state index in [1.165, 1.54) is 11.1 Å². The molecule has 1 aromatic carbocycles. The van der Waals surface area contributed by atoms with Gasteiger partial charge in [0.15, 0.2) is 0 Å². The Balaban J connectivity index is 1.57. The first-order valence-corrected chi connectivity index (χ1v) is 8.15. The number of hydrogen-bond acceptors (Lipinski definition) is 3. The average Bonchev–Trinajstić information content (AvgIpc) is 3.00. The number of ether oxygens (including phenoxy) is 1. The van der Waals surface area contributed by atoms with Crippen LogP contribution in [-0.4, -0.2) is 27.4 Å². The highest BCUT2D eigenvalue weighted by Crippen LogP contribution is 2.32. The highest BCUT2D eigenvalue weighted by atomic mass is 16.5. The molecule has 0 saturated heterocycles. The third-order valence-corrected chi connectivity index (χ3v) is 4.33. The van der Waals surface area contributed by atoms with E-state index in [2.05, 4.69) is 36.2 Å². The van der Waals surface area contributed by atoms with E-state index in [0.29, 0.717) is 13.2 Å². The molecule has 1 heterocycles. The topological polar surface area (TPSA) is 47.3 Å². The van der Waals surface area contributed by atoms with Crippen LogP contribution in [0, 0.1) is 0 Å². The molecule has 22 heavy (non-hydrogen) atoms.